The SMILES string of the molecule is CC(=O)c1cccc(N2CN=c3sc(=CC=Cc4ccccc4)c(=O)n3C2)c1. The van der Waals surface area contributed by atoms with Gasteiger partial charge in [-0.1, -0.05) is 66.0 Å². The predicted octanol–water partition coefficient (Wildman–Crippen LogP) is 2.66. The Labute approximate surface area is 166 Å². The molecule has 0 amide bonds. The standard InChI is InChI=1S/C22H19N3O2S/c1-16(26)18-10-6-11-19(13-18)24-14-23-22-25(15-24)21(27)20(28-22)12-5-9-17-7-3-2-4-8-17/h2-13H,14-15H2,1H3. The van der Waals surface area contributed by atoms with Crippen LogP contribution in [0, 0.1) is 0 Å². The molecule has 0 atom stereocenters. The quantitative estimate of drug-likeness (QED) is 0.645. The van der Waals surface area contributed by atoms with E-state index in [4.69, 9.17) is 0 Å². The molecule has 1 aliphatic rings. The number of allylic oxidation sites excluding steroid dienone is 1. The summed E-state index contributed by atoms with van der Waals surface area (Å²) in [5.41, 5.74) is 2.58. The molecule has 5 nitrogen and oxygen atoms in total. The van der Waals surface area contributed by atoms with Crippen molar-refractivity contribution in [3.05, 3.63) is 91.5 Å². The van der Waals surface area contributed by atoms with Crippen LogP contribution in [0.5, 0.6) is 0 Å². The number of ketones is 1. The summed E-state index contributed by atoms with van der Waals surface area (Å²) in [6.45, 7) is 2.43. The van der Waals surface area contributed by atoms with Crippen molar-refractivity contribution in [2.24, 2.45) is 4.99 Å². The van der Waals surface area contributed by atoms with E-state index in [2.05, 4.69) is 4.99 Å². The number of Topliss-reactive ketones (excluding diaryl/α,β-unsaturated/α-hetero) is 1. The molecular weight excluding hydrogens is 370 g/mol. The third-order valence-electron chi connectivity index (χ3n) is 4.53. The average Bonchev–Trinajstić information content (AvgIpc) is 3.04. The second-order valence-corrected chi connectivity index (χ2v) is 7.51. The Balaban J connectivity index is 1.61. The van der Waals surface area contributed by atoms with Crippen molar-refractivity contribution >= 4 is 35.0 Å². The van der Waals surface area contributed by atoms with Gasteiger partial charge in [-0.2, -0.15) is 0 Å². The average molecular weight is 389 g/mol. The Hall–Kier alpha value is -3.25. The van der Waals surface area contributed by atoms with Crippen molar-refractivity contribution in [3.8, 4) is 0 Å². The first-order valence-corrected chi connectivity index (χ1v) is 9.77. The summed E-state index contributed by atoms with van der Waals surface area (Å²) >= 11 is 1.40. The van der Waals surface area contributed by atoms with Crippen molar-refractivity contribution < 1.29 is 4.79 Å². The van der Waals surface area contributed by atoms with E-state index in [1.54, 1.807) is 17.6 Å². The van der Waals surface area contributed by atoms with E-state index in [9.17, 15) is 9.59 Å². The summed E-state index contributed by atoms with van der Waals surface area (Å²) in [4.78, 5) is 31.7. The normalized spacial score (nSPS) is 14.2. The zero-order valence-electron chi connectivity index (χ0n) is 15.4. The Morgan fingerprint density at radius 2 is 1.96 bits per heavy atom. The fourth-order valence-corrected chi connectivity index (χ4v) is 3.94. The summed E-state index contributed by atoms with van der Waals surface area (Å²) in [6.07, 6.45) is 5.70. The van der Waals surface area contributed by atoms with Gasteiger partial charge in [-0.3, -0.25) is 14.2 Å². The number of hydrogen-bond donors (Lipinski definition) is 0. The number of thiazole rings is 1. The first-order valence-electron chi connectivity index (χ1n) is 8.95. The van der Waals surface area contributed by atoms with Crippen LogP contribution < -0.4 is 19.8 Å². The molecule has 0 unspecified atom stereocenters. The Bertz CT molecular complexity index is 1220. The molecule has 0 radical (unpaired) electrons. The van der Waals surface area contributed by atoms with Gasteiger partial charge < -0.3 is 4.90 Å². The molecule has 0 bridgehead atoms. The number of anilines is 1. The van der Waals surface area contributed by atoms with Crippen molar-refractivity contribution in [2.45, 2.75) is 13.6 Å². The second kappa shape index (κ2) is 7.78. The van der Waals surface area contributed by atoms with Crippen LogP contribution in [0.2, 0.25) is 0 Å². The summed E-state index contributed by atoms with van der Waals surface area (Å²) in [7, 11) is 0. The van der Waals surface area contributed by atoms with Crippen molar-refractivity contribution in [1.29, 1.82) is 0 Å². The second-order valence-electron chi connectivity index (χ2n) is 6.51. The zero-order chi connectivity index (χ0) is 19.5. The smallest absolute Gasteiger partial charge is 0.271 e. The molecule has 0 fully saturated rings. The lowest BCUT2D eigenvalue weighted by Gasteiger charge is -2.25. The van der Waals surface area contributed by atoms with E-state index in [-0.39, 0.29) is 11.3 Å². The number of carbonyl (C=O) groups excluding carboxylic acids is 1. The maximum Gasteiger partial charge on any atom is 0.271 e. The molecule has 2 heterocycles. The summed E-state index contributed by atoms with van der Waals surface area (Å²) in [6, 6.07) is 17.4. The fourth-order valence-electron chi connectivity index (χ4n) is 3.02. The van der Waals surface area contributed by atoms with Gasteiger partial charge in [0.15, 0.2) is 10.6 Å². The maximum absolute atomic E-state index is 12.8. The zero-order valence-corrected chi connectivity index (χ0v) is 16.2. The lowest BCUT2D eigenvalue weighted by Crippen LogP contribution is -2.42. The minimum Gasteiger partial charge on any atom is -0.334 e. The van der Waals surface area contributed by atoms with Crippen LogP contribution in [0.1, 0.15) is 22.8 Å². The Morgan fingerprint density at radius 3 is 2.75 bits per heavy atom. The van der Waals surface area contributed by atoms with Gasteiger partial charge in [-0.25, -0.2) is 4.99 Å². The van der Waals surface area contributed by atoms with Crippen LogP contribution in [0.4, 0.5) is 5.69 Å². The van der Waals surface area contributed by atoms with Gasteiger partial charge in [0.2, 0.25) is 0 Å². The molecule has 0 aliphatic carbocycles. The lowest BCUT2D eigenvalue weighted by atomic mass is 10.1. The van der Waals surface area contributed by atoms with Crippen molar-refractivity contribution in [2.75, 3.05) is 11.6 Å². The van der Waals surface area contributed by atoms with Gasteiger partial charge in [0.25, 0.3) is 5.56 Å². The highest BCUT2D eigenvalue weighted by atomic mass is 32.1. The number of hydrogen-bond acceptors (Lipinski definition) is 5. The highest BCUT2D eigenvalue weighted by Crippen LogP contribution is 2.18. The van der Waals surface area contributed by atoms with Crippen LogP contribution in [-0.2, 0) is 6.67 Å². The number of nitrogens with zero attached hydrogens (tertiary/aromatic N) is 3. The first-order chi connectivity index (χ1) is 13.6. The largest absolute Gasteiger partial charge is 0.334 e. The highest BCUT2D eigenvalue weighted by molar-refractivity contribution is 7.07. The number of carbonyl (C=O) groups is 1. The molecule has 1 aliphatic heterocycles. The van der Waals surface area contributed by atoms with Crippen LogP contribution in [0.3, 0.4) is 0 Å². The molecule has 28 heavy (non-hydrogen) atoms. The third kappa shape index (κ3) is 3.73. The van der Waals surface area contributed by atoms with E-state index in [1.165, 1.54) is 11.3 Å². The summed E-state index contributed by atoms with van der Waals surface area (Å²) < 4.78 is 2.34. The Kier molecular flexibility index (Phi) is 5.04. The molecule has 0 N–H and O–H groups in total. The van der Waals surface area contributed by atoms with E-state index in [0.717, 1.165) is 16.1 Å². The molecule has 0 saturated carbocycles. The molecule has 6 heteroatoms. The molecular formula is C22H19N3O2S. The Morgan fingerprint density at radius 1 is 1.14 bits per heavy atom. The number of rotatable bonds is 4. The van der Waals surface area contributed by atoms with Crippen molar-refractivity contribution in [1.82, 2.24) is 4.57 Å². The monoisotopic (exact) mass is 389 g/mol. The molecule has 140 valence electrons. The van der Waals surface area contributed by atoms with Gasteiger partial charge in [-0.15, -0.1) is 0 Å². The van der Waals surface area contributed by atoms with Gasteiger partial charge in [0, 0.05) is 11.3 Å². The van der Waals surface area contributed by atoms with E-state index in [0.29, 0.717) is 23.4 Å². The van der Waals surface area contributed by atoms with Gasteiger partial charge in [0.05, 0.1) is 4.53 Å². The number of aromatic nitrogens is 1. The lowest BCUT2D eigenvalue weighted by molar-refractivity contribution is 0.101. The van der Waals surface area contributed by atoms with Crippen LogP contribution in [-0.4, -0.2) is 17.0 Å². The molecule has 0 spiro atoms. The van der Waals surface area contributed by atoms with E-state index < -0.39 is 0 Å². The van der Waals surface area contributed by atoms with Crippen molar-refractivity contribution in [3.63, 3.8) is 0 Å². The fraction of sp³-hybridized carbons (Fsp3) is 0.136. The van der Waals surface area contributed by atoms with Crippen LogP contribution in [0.15, 0.2) is 70.5 Å². The summed E-state index contributed by atoms with van der Waals surface area (Å²) in [5, 5.41) is 0. The van der Waals surface area contributed by atoms with Gasteiger partial charge in [-0.05, 0) is 30.7 Å². The number of benzene rings is 2. The highest BCUT2D eigenvalue weighted by Gasteiger charge is 2.16. The molecule has 3 aromatic rings. The minimum absolute atomic E-state index is 0.0197. The van der Waals surface area contributed by atoms with Crippen LogP contribution in [0.25, 0.3) is 12.2 Å². The molecule has 4 rings (SSSR count). The van der Waals surface area contributed by atoms with E-state index in [1.807, 2.05) is 71.7 Å². The van der Waals surface area contributed by atoms with Crippen LogP contribution >= 0.6 is 11.3 Å². The summed E-state index contributed by atoms with van der Waals surface area (Å²) in [5.74, 6) is 0.0197. The predicted molar refractivity (Wildman–Crippen MR) is 113 cm³/mol. The third-order valence-corrected chi connectivity index (χ3v) is 5.59. The molecule has 2 aromatic carbocycles. The maximum atomic E-state index is 12.8. The number of fused-ring (bicyclic) bond motifs is 1. The van der Waals surface area contributed by atoms with E-state index >= 15 is 0 Å². The van der Waals surface area contributed by atoms with Gasteiger partial charge >= 0.3 is 0 Å². The van der Waals surface area contributed by atoms with Gasteiger partial charge in [0.1, 0.15) is 13.3 Å². The topological polar surface area (TPSA) is 54.7 Å². The minimum atomic E-state index is -0.0473. The molecule has 1 aromatic heterocycles. The first kappa shape index (κ1) is 18.1. The molecule has 0 saturated heterocycles.